The number of imide groups is 1. The van der Waals surface area contributed by atoms with Crippen molar-refractivity contribution in [1.29, 1.82) is 0 Å². The van der Waals surface area contributed by atoms with E-state index in [9.17, 15) is 9.59 Å². The molecule has 0 spiro atoms. The van der Waals surface area contributed by atoms with Gasteiger partial charge in [0.1, 0.15) is 30.1 Å². The number of carbonyl (C=O) groups excluding carboxylic acids is 2. The third-order valence-corrected chi connectivity index (χ3v) is 22.4. The Morgan fingerprint density at radius 2 is 1.26 bits per heavy atom. The van der Waals surface area contributed by atoms with Gasteiger partial charge >= 0.3 is 29.3 Å². The minimum atomic E-state index is -3.02. The Hall–Kier alpha value is -5.18. The van der Waals surface area contributed by atoms with E-state index in [2.05, 4.69) is 72.8 Å². The van der Waals surface area contributed by atoms with Gasteiger partial charge in [0.25, 0.3) is 0 Å². The fraction of sp³-hybridized carbons (Fsp3) is 0.510. The van der Waals surface area contributed by atoms with Crippen molar-refractivity contribution in [2.45, 2.75) is 162 Å². The maximum Gasteiger partial charge on any atom is 0.427 e. The van der Waals surface area contributed by atoms with Gasteiger partial charge in [-0.3, -0.25) is 4.57 Å². The molecule has 2 fully saturated rings. The van der Waals surface area contributed by atoms with E-state index >= 15 is 0 Å². The highest BCUT2D eigenvalue weighted by Gasteiger charge is 2.60. The normalized spacial score (nSPS) is 19.5. The molecular formula is C51H70N6O9Si2. The molecule has 15 nitrogen and oxygen atoms in total. The van der Waals surface area contributed by atoms with Gasteiger partial charge < -0.3 is 37.2 Å². The number of nitrogens with one attached hydrogen (secondary N) is 1. The first-order valence-electron chi connectivity index (χ1n) is 23.8. The number of nitrogens with zero attached hydrogens (tertiary/aromatic N) is 5. The van der Waals surface area contributed by atoms with E-state index < -0.39 is 58.9 Å². The molecule has 3 atom stereocenters. The molecular weight excluding hydrogens is 897 g/mol. The highest BCUT2D eigenvalue weighted by molar-refractivity contribution is 6.84. The van der Waals surface area contributed by atoms with Crippen LogP contribution in [0.1, 0.15) is 115 Å². The molecule has 0 saturated carbocycles. The Bertz CT molecular complexity index is 2480. The van der Waals surface area contributed by atoms with Crippen molar-refractivity contribution in [2.24, 2.45) is 0 Å². The molecule has 5 aromatic rings. The molecule has 0 bridgehead atoms. The van der Waals surface area contributed by atoms with Gasteiger partial charge in [0, 0.05) is 12.1 Å². The fourth-order valence-electron chi connectivity index (χ4n) is 8.88. The minimum Gasteiger partial charge on any atom is -0.471 e. The number of ether oxygens (including phenoxy) is 4. The first kappa shape index (κ1) is 50.7. The van der Waals surface area contributed by atoms with Crippen molar-refractivity contribution in [3.63, 3.8) is 0 Å². The van der Waals surface area contributed by atoms with Gasteiger partial charge in [0.05, 0.1) is 12.7 Å². The minimum absolute atomic E-state index is 0.0138. The highest BCUT2D eigenvalue weighted by atomic mass is 28.5. The topological polar surface area (TPSA) is 158 Å². The lowest BCUT2D eigenvalue weighted by molar-refractivity contribution is -0.0539. The molecule has 4 heterocycles. The van der Waals surface area contributed by atoms with Crippen molar-refractivity contribution in [1.82, 2.24) is 19.5 Å². The van der Waals surface area contributed by atoms with Crippen molar-refractivity contribution in [2.75, 3.05) is 16.8 Å². The van der Waals surface area contributed by atoms with E-state index in [1.54, 1.807) is 41.5 Å². The van der Waals surface area contributed by atoms with Gasteiger partial charge in [-0.05, 0) is 92.5 Å². The van der Waals surface area contributed by atoms with Gasteiger partial charge in [-0.2, -0.15) is 9.97 Å². The van der Waals surface area contributed by atoms with Crippen LogP contribution in [0, 0.1) is 0 Å². The largest absolute Gasteiger partial charge is 0.471 e. The lowest BCUT2D eigenvalue weighted by atomic mass is 10.1. The molecule has 68 heavy (non-hydrogen) atoms. The molecule has 2 aliphatic heterocycles. The average molecular weight is 967 g/mol. The quantitative estimate of drug-likeness (QED) is 0.118. The number of imidazole rings is 1. The highest BCUT2D eigenvalue weighted by Crippen LogP contribution is 2.49. The average Bonchev–Trinajstić information content (AvgIpc) is 3.81. The lowest BCUT2D eigenvalue weighted by Crippen LogP contribution is -2.65. The Morgan fingerprint density at radius 3 is 1.81 bits per heavy atom. The number of carbonyl (C=O) groups is 2. The second-order valence-electron chi connectivity index (χ2n) is 20.9. The number of fused-ring (bicyclic) bond motifs is 2. The van der Waals surface area contributed by atoms with E-state index in [0.29, 0.717) is 17.3 Å². The summed E-state index contributed by atoms with van der Waals surface area (Å²) in [5.41, 5.74) is 2.71. The first-order chi connectivity index (χ1) is 32.0. The lowest BCUT2D eigenvalue weighted by Gasteiger charge is -2.51. The smallest absolute Gasteiger partial charge is 0.427 e. The molecule has 2 saturated heterocycles. The summed E-state index contributed by atoms with van der Waals surface area (Å²) in [4.78, 5) is 43.9. The van der Waals surface area contributed by atoms with Crippen LogP contribution >= 0.6 is 0 Å². The summed E-state index contributed by atoms with van der Waals surface area (Å²) >= 11 is 0. The number of hydrogen-bond donors (Lipinski definition) is 1. The molecule has 3 aromatic carbocycles. The van der Waals surface area contributed by atoms with Crippen molar-refractivity contribution in [3.05, 3.63) is 90.5 Å². The molecule has 0 radical (unpaired) electrons. The van der Waals surface area contributed by atoms with Crippen LogP contribution in [0.25, 0.3) is 22.3 Å². The monoisotopic (exact) mass is 966 g/mol. The van der Waals surface area contributed by atoms with Crippen molar-refractivity contribution >= 4 is 58.1 Å². The third-order valence-electron chi connectivity index (χ3n) is 12.1. The summed E-state index contributed by atoms with van der Waals surface area (Å²) in [6.07, 6.45) is -3.34. The van der Waals surface area contributed by atoms with E-state index in [1.165, 1.54) is 0 Å². The van der Waals surface area contributed by atoms with Crippen LogP contribution in [-0.4, -0.2) is 78.8 Å². The predicted octanol–water partition coefficient (Wildman–Crippen LogP) is 12.7. The summed E-state index contributed by atoms with van der Waals surface area (Å²) in [6, 6.07) is 27.8. The first-order valence-corrected chi connectivity index (χ1v) is 27.8. The molecule has 17 heteroatoms. The Morgan fingerprint density at radius 1 is 0.721 bits per heavy atom. The molecule has 366 valence electrons. The van der Waals surface area contributed by atoms with E-state index in [4.69, 9.17) is 46.9 Å². The standard InChI is InChI=1S/C51H70N6O9Si2/c1-32(2)67(33(3)4)61-31-41-40(65-68(66-67,34(5)6)35(7)8)29-42(62-41)56-44-43(53-46(56)52-39-27-25-38(26-28-39)37-23-19-16-20-24-37)45(60-30-36-21-17-15-18-22-36)55-47(54-44)57(48(58)63-50(9,10)11)49(59)64-51(12,13)14/h15-28,32-35,40-42H,29-31H2,1-14H3,(H,52,53)/t40-,41+,42+/m0/s1. The van der Waals surface area contributed by atoms with Gasteiger partial charge in [0.15, 0.2) is 11.2 Å². The Balaban J connectivity index is 1.42. The van der Waals surface area contributed by atoms with Crippen LogP contribution in [-0.2, 0) is 33.8 Å². The molecule has 0 unspecified atom stereocenters. The van der Waals surface area contributed by atoms with Gasteiger partial charge in [-0.15, -0.1) is 4.90 Å². The number of benzene rings is 3. The Kier molecular flexibility index (Phi) is 14.9. The maximum atomic E-state index is 14.2. The van der Waals surface area contributed by atoms with E-state index in [1.807, 2.05) is 77.4 Å². The van der Waals surface area contributed by atoms with Crippen LogP contribution in [0.4, 0.5) is 27.2 Å². The second-order valence-corrected chi connectivity index (χ2v) is 29.8. The molecule has 2 aromatic heterocycles. The number of rotatable bonds is 12. The van der Waals surface area contributed by atoms with Gasteiger partial charge in [0.2, 0.25) is 17.8 Å². The SMILES string of the molecule is CC(C)[Si]1(C(C)C)OC[C@H]2O[C@@H](n3c(Nc4ccc(-c5ccccc5)cc4)nc4c(OCc5ccccc5)nc(N(C(=O)OC(C)(C)C)C(=O)OC(C)(C)C)nc43)C[C@@H]2O[Si](C(C)C)(C(C)C)O1. The summed E-state index contributed by atoms with van der Waals surface area (Å²) in [5.74, 6) is 0.0295. The third kappa shape index (κ3) is 11.0. The zero-order chi connectivity index (χ0) is 49.3. The Labute approximate surface area is 403 Å². The van der Waals surface area contributed by atoms with Crippen LogP contribution in [0.15, 0.2) is 84.9 Å². The van der Waals surface area contributed by atoms with Crippen molar-refractivity contribution in [3.8, 4) is 17.0 Å². The summed E-state index contributed by atoms with van der Waals surface area (Å²) in [6.45, 7) is 28.1. The van der Waals surface area contributed by atoms with Crippen LogP contribution in [0.5, 0.6) is 5.88 Å². The van der Waals surface area contributed by atoms with Crippen molar-refractivity contribution < 1.29 is 41.5 Å². The molecule has 1 N–H and O–H groups in total. The van der Waals surface area contributed by atoms with Crippen LogP contribution in [0.2, 0.25) is 22.2 Å². The van der Waals surface area contributed by atoms with Gasteiger partial charge in [-0.25, -0.2) is 14.6 Å². The second kappa shape index (κ2) is 20.0. The van der Waals surface area contributed by atoms with Crippen LogP contribution in [0.3, 0.4) is 0 Å². The van der Waals surface area contributed by atoms with Crippen LogP contribution < -0.4 is 15.0 Å². The zero-order valence-electron chi connectivity index (χ0n) is 42.2. The summed E-state index contributed by atoms with van der Waals surface area (Å²) in [7, 11) is -5.91. The number of aromatic nitrogens is 4. The zero-order valence-corrected chi connectivity index (χ0v) is 44.2. The molecule has 2 amide bonds. The predicted molar refractivity (Wildman–Crippen MR) is 269 cm³/mol. The molecule has 7 rings (SSSR count). The fourth-order valence-corrected chi connectivity index (χ4v) is 20.1. The van der Waals surface area contributed by atoms with Gasteiger partial charge in [-0.1, -0.05) is 128 Å². The maximum absolute atomic E-state index is 14.2. The number of amides is 2. The van der Waals surface area contributed by atoms with E-state index in [0.717, 1.165) is 22.4 Å². The number of anilines is 3. The van der Waals surface area contributed by atoms with E-state index in [-0.39, 0.29) is 58.4 Å². The summed E-state index contributed by atoms with van der Waals surface area (Å²) in [5, 5.41) is 3.55. The number of hydrogen-bond acceptors (Lipinski definition) is 13. The molecule has 0 aliphatic carbocycles. The molecule has 2 aliphatic rings. The summed E-state index contributed by atoms with van der Waals surface area (Å²) < 4.78 is 49.2.